The number of benzene rings is 1. The first-order valence-corrected chi connectivity index (χ1v) is 10.6. The average Bonchev–Trinajstić information content (AvgIpc) is 2.58. The molecule has 1 saturated carbocycles. The number of ether oxygens (including phenoxy) is 2. The van der Waals surface area contributed by atoms with Crippen LogP contribution in [0.15, 0.2) is 24.3 Å². The van der Waals surface area contributed by atoms with Gasteiger partial charge in [-0.3, -0.25) is 14.4 Å². The van der Waals surface area contributed by atoms with E-state index in [1.807, 2.05) is 24.3 Å². The first-order valence-electron chi connectivity index (χ1n) is 10.6. The number of hydrogen-bond donors (Lipinski definition) is 1. The fraction of sp³-hybridized carbons (Fsp3) is 0.625. The average molecular weight is 419 g/mol. The summed E-state index contributed by atoms with van der Waals surface area (Å²) in [7, 11) is 0. The molecular formula is C24H34O6. The molecule has 1 aromatic carbocycles. The number of carbonyl (C=O) groups is 3. The lowest BCUT2D eigenvalue weighted by Gasteiger charge is -2.44. The van der Waals surface area contributed by atoms with Gasteiger partial charge in [-0.05, 0) is 51.7 Å². The van der Waals surface area contributed by atoms with Gasteiger partial charge in [-0.1, -0.05) is 38.1 Å². The molecule has 0 radical (unpaired) electrons. The second-order valence-electron chi connectivity index (χ2n) is 9.27. The van der Waals surface area contributed by atoms with Gasteiger partial charge in [-0.15, -0.1) is 0 Å². The van der Waals surface area contributed by atoms with Crippen LogP contribution in [0, 0.1) is 11.8 Å². The Bertz CT molecular complexity index is 767. The Morgan fingerprint density at radius 1 is 0.967 bits per heavy atom. The van der Waals surface area contributed by atoms with E-state index in [1.54, 1.807) is 27.7 Å². The molecule has 2 rings (SSSR count). The number of ketones is 1. The van der Waals surface area contributed by atoms with Crippen LogP contribution in [-0.2, 0) is 23.9 Å². The van der Waals surface area contributed by atoms with Crippen LogP contribution < -0.4 is 0 Å². The molecule has 0 aromatic heterocycles. The molecule has 0 aliphatic heterocycles. The highest BCUT2D eigenvalue weighted by atomic mass is 16.5. The van der Waals surface area contributed by atoms with E-state index in [1.165, 1.54) is 6.92 Å². The Morgan fingerprint density at radius 2 is 1.47 bits per heavy atom. The van der Waals surface area contributed by atoms with Crippen molar-refractivity contribution in [3.8, 4) is 0 Å². The van der Waals surface area contributed by atoms with Gasteiger partial charge in [-0.25, -0.2) is 0 Å². The normalized spacial score (nSPS) is 26.9. The second-order valence-corrected chi connectivity index (χ2v) is 9.27. The van der Waals surface area contributed by atoms with Crippen LogP contribution in [0.5, 0.6) is 0 Å². The zero-order valence-electron chi connectivity index (χ0n) is 19.0. The fourth-order valence-electron chi connectivity index (χ4n) is 4.13. The summed E-state index contributed by atoms with van der Waals surface area (Å²) in [5, 5.41) is 11.1. The lowest BCUT2D eigenvalue weighted by Crippen LogP contribution is -2.55. The van der Waals surface area contributed by atoms with Gasteiger partial charge in [0.05, 0.1) is 23.7 Å². The number of hydrogen-bond acceptors (Lipinski definition) is 6. The molecule has 4 atom stereocenters. The topological polar surface area (TPSA) is 89.9 Å². The van der Waals surface area contributed by atoms with Gasteiger partial charge in [0.15, 0.2) is 5.78 Å². The molecule has 0 saturated heterocycles. The maximum atomic E-state index is 13.0. The van der Waals surface area contributed by atoms with E-state index >= 15 is 0 Å². The van der Waals surface area contributed by atoms with E-state index in [4.69, 9.17) is 9.47 Å². The number of Topliss-reactive ketones (excluding diaryl/α,β-unsaturated/α-hetero) is 1. The van der Waals surface area contributed by atoms with Crippen molar-refractivity contribution in [1.82, 2.24) is 0 Å². The Balaban J connectivity index is 2.61. The second kappa shape index (κ2) is 9.29. The van der Waals surface area contributed by atoms with E-state index in [0.29, 0.717) is 11.5 Å². The Hall–Kier alpha value is -2.21. The van der Waals surface area contributed by atoms with Gasteiger partial charge in [0, 0.05) is 12.3 Å². The largest absolute Gasteiger partial charge is 0.463 e. The molecule has 0 unspecified atom stereocenters. The molecule has 0 heterocycles. The third-order valence-corrected chi connectivity index (χ3v) is 5.47. The van der Waals surface area contributed by atoms with E-state index in [0.717, 1.165) is 5.56 Å². The van der Waals surface area contributed by atoms with E-state index in [-0.39, 0.29) is 6.42 Å². The Morgan fingerprint density at radius 3 is 1.93 bits per heavy atom. The molecule has 6 nitrogen and oxygen atoms in total. The van der Waals surface area contributed by atoms with Crippen molar-refractivity contribution in [2.45, 2.75) is 84.5 Å². The minimum absolute atomic E-state index is 0.304. The van der Waals surface area contributed by atoms with Crippen LogP contribution in [0.2, 0.25) is 0 Å². The van der Waals surface area contributed by atoms with Crippen molar-refractivity contribution in [3.05, 3.63) is 35.4 Å². The van der Waals surface area contributed by atoms with Gasteiger partial charge >= 0.3 is 11.9 Å². The van der Waals surface area contributed by atoms with Crippen LogP contribution in [0.25, 0.3) is 0 Å². The quantitative estimate of drug-likeness (QED) is 0.559. The molecule has 1 fully saturated rings. The summed E-state index contributed by atoms with van der Waals surface area (Å²) in [5.74, 6) is -4.56. The monoisotopic (exact) mass is 418 g/mol. The summed E-state index contributed by atoms with van der Waals surface area (Å²) in [6.07, 6.45) is -1.11. The number of rotatable bonds is 6. The number of esters is 2. The highest BCUT2D eigenvalue weighted by Gasteiger charge is 2.57. The Labute approximate surface area is 179 Å². The van der Waals surface area contributed by atoms with Crippen LogP contribution in [0.3, 0.4) is 0 Å². The lowest BCUT2D eigenvalue weighted by atomic mass is 9.61. The maximum Gasteiger partial charge on any atom is 0.317 e. The summed E-state index contributed by atoms with van der Waals surface area (Å²) in [4.78, 5) is 38.9. The summed E-state index contributed by atoms with van der Waals surface area (Å²) < 4.78 is 10.8. The highest BCUT2D eigenvalue weighted by Crippen LogP contribution is 2.47. The van der Waals surface area contributed by atoms with Gasteiger partial charge in [-0.2, -0.15) is 0 Å². The summed E-state index contributed by atoms with van der Waals surface area (Å²) in [6.45, 7) is 12.4. The predicted octanol–water partition coefficient (Wildman–Crippen LogP) is 3.75. The molecule has 1 aromatic rings. The summed E-state index contributed by atoms with van der Waals surface area (Å²) in [5.41, 5.74) is 0.0818. The molecule has 6 heteroatoms. The van der Waals surface area contributed by atoms with Crippen LogP contribution in [-0.4, -0.2) is 40.6 Å². The van der Waals surface area contributed by atoms with Gasteiger partial charge in [0.25, 0.3) is 0 Å². The van der Waals surface area contributed by atoms with Crippen molar-refractivity contribution in [3.63, 3.8) is 0 Å². The molecule has 1 aliphatic carbocycles. The van der Waals surface area contributed by atoms with Gasteiger partial charge in [0.2, 0.25) is 0 Å². The first kappa shape index (κ1) is 24.1. The number of carbonyl (C=O) groups excluding carboxylic acids is 3. The van der Waals surface area contributed by atoms with E-state index in [9.17, 15) is 19.5 Å². The van der Waals surface area contributed by atoms with Gasteiger partial charge in [0.1, 0.15) is 5.92 Å². The minimum Gasteiger partial charge on any atom is -0.463 e. The maximum absolute atomic E-state index is 13.0. The summed E-state index contributed by atoms with van der Waals surface area (Å²) >= 11 is 0. The van der Waals surface area contributed by atoms with Crippen molar-refractivity contribution < 1.29 is 29.0 Å². The molecule has 166 valence electrons. The zero-order chi connectivity index (χ0) is 22.8. The zero-order valence-corrected chi connectivity index (χ0v) is 19.0. The van der Waals surface area contributed by atoms with Crippen LogP contribution >= 0.6 is 0 Å². The van der Waals surface area contributed by atoms with E-state index in [2.05, 4.69) is 13.8 Å². The van der Waals surface area contributed by atoms with Crippen LogP contribution in [0.4, 0.5) is 0 Å². The predicted molar refractivity (Wildman–Crippen MR) is 113 cm³/mol. The molecule has 1 N–H and O–H groups in total. The van der Waals surface area contributed by atoms with Crippen molar-refractivity contribution >= 4 is 17.7 Å². The third-order valence-electron chi connectivity index (χ3n) is 5.47. The Kier molecular flexibility index (Phi) is 7.45. The molecule has 30 heavy (non-hydrogen) atoms. The standard InChI is InChI=1S/C24H34O6/c1-13(2)16-8-10-17(11-9-16)19-20(22(26)29-14(3)4)18(25)12-24(7,28)21(19)23(27)30-15(5)6/h8-11,13-15,19-21,28H,12H2,1-7H3/t19-,20+,21-,24-/m1/s1. The van der Waals surface area contributed by atoms with Crippen molar-refractivity contribution in [2.24, 2.45) is 11.8 Å². The third kappa shape index (κ3) is 5.28. The molecule has 0 spiro atoms. The molecule has 0 bridgehead atoms. The van der Waals surface area contributed by atoms with E-state index < -0.39 is 53.3 Å². The SMILES string of the molecule is CC(C)OC(=O)[C@H]1C(=O)C[C@@](C)(O)[C@@H](C(=O)OC(C)C)[C@@H]1c1ccc(C(C)C)cc1. The van der Waals surface area contributed by atoms with Crippen molar-refractivity contribution in [1.29, 1.82) is 0 Å². The molecule has 0 amide bonds. The smallest absolute Gasteiger partial charge is 0.317 e. The first-order chi connectivity index (χ1) is 13.8. The fourth-order valence-corrected chi connectivity index (χ4v) is 4.13. The lowest BCUT2D eigenvalue weighted by molar-refractivity contribution is -0.176. The summed E-state index contributed by atoms with van der Waals surface area (Å²) in [6, 6.07) is 7.48. The van der Waals surface area contributed by atoms with Crippen LogP contribution in [0.1, 0.15) is 77.8 Å². The molecular weight excluding hydrogens is 384 g/mol. The minimum atomic E-state index is -1.64. The van der Waals surface area contributed by atoms with Crippen molar-refractivity contribution in [2.75, 3.05) is 0 Å². The molecule has 1 aliphatic rings. The highest BCUT2D eigenvalue weighted by molar-refractivity contribution is 6.02. The number of aliphatic hydroxyl groups is 1. The van der Waals surface area contributed by atoms with Gasteiger partial charge < -0.3 is 14.6 Å².